The summed E-state index contributed by atoms with van der Waals surface area (Å²) in [5.41, 5.74) is 2.28. The number of aliphatic imine (C=N–C) groups is 1. The first kappa shape index (κ1) is 12.8. The molecule has 2 aromatic carbocycles. The van der Waals surface area contributed by atoms with Crippen molar-refractivity contribution in [1.29, 1.82) is 0 Å². The van der Waals surface area contributed by atoms with Gasteiger partial charge >= 0.3 is 0 Å². The molecule has 0 spiro atoms. The van der Waals surface area contributed by atoms with E-state index >= 15 is 0 Å². The van der Waals surface area contributed by atoms with Gasteiger partial charge in [-0.2, -0.15) is 0 Å². The van der Waals surface area contributed by atoms with Crippen molar-refractivity contribution in [2.45, 2.75) is 0 Å². The first-order valence-electron chi connectivity index (χ1n) is 7.01. The molecule has 0 aliphatic carbocycles. The Balaban J connectivity index is 1.68. The minimum atomic E-state index is -0.289. The van der Waals surface area contributed by atoms with E-state index in [0.29, 0.717) is 35.9 Å². The molecule has 2 aliphatic rings. The Kier molecular flexibility index (Phi) is 2.79. The summed E-state index contributed by atoms with van der Waals surface area (Å²) in [5.74, 6) is 0.0273. The van der Waals surface area contributed by atoms with Gasteiger partial charge in [0.25, 0.3) is 11.8 Å². The molecule has 2 aromatic rings. The summed E-state index contributed by atoms with van der Waals surface area (Å²) in [4.78, 5) is 30.3. The third kappa shape index (κ3) is 1.83. The lowest BCUT2D eigenvalue weighted by atomic mass is 10.1. The Morgan fingerprint density at radius 3 is 2.09 bits per heavy atom. The predicted octanol–water partition coefficient (Wildman–Crippen LogP) is 2.26. The van der Waals surface area contributed by atoms with Gasteiger partial charge in [0.15, 0.2) is 0 Å². The van der Waals surface area contributed by atoms with Gasteiger partial charge in [-0.05, 0) is 36.4 Å². The zero-order chi connectivity index (χ0) is 15.1. The number of fused-ring (bicyclic) bond motifs is 1. The van der Waals surface area contributed by atoms with E-state index in [1.165, 1.54) is 4.90 Å². The van der Waals surface area contributed by atoms with Gasteiger partial charge < -0.3 is 4.74 Å². The normalized spacial score (nSPS) is 16.5. The maximum atomic E-state index is 12.4. The van der Waals surface area contributed by atoms with Crippen LogP contribution in [-0.2, 0) is 4.74 Å². The summed E-state index contributed by atoms with van der Waals surface area (Å²) in [6.45, 7) is 1.25. The molecule has 0 atom stereocenters. The molecular formula is C17H12N2O3. The third-order valence-corrected chi connectivity index (χ3v) is 3.75. The molecule has 5 nitrogen and oxygen atoms in total. The number of hydrogen-bond donors (Lipinski definition) is 0. The van der Waals surface area contributed by atoms with Gasteiger partial charge in [0.2, 0.25) is 5.90 Å². The average Bonchev–Trinajstić information content (AvgIpc) is 3.17. The van der Waals surface area contributed by atoms with Crippen molar-refractivity contribution in [2.75, 3.05) is 18.1 Å². The number of benzene rings is 2. The number of carbonyl (C=O) groups excluding carboxylic acids is 2. The van der Waals surface area contributed by atoms with E-state index in [1.54, 1.807) is 36.4 Å². The summed E-state index contributed by atoms with van der Waals surface area (Å²) in [5, 5.41) is 0. The maximum absolute atomic E-state index is 12.4. The van der Waals surface area contributed by atoms with Crippen LogP contribution in [0.1, 0.15) is 26.3 Å². The van der Waals surface area contributed by atoms with Crippen LogP contribution >= 0.6 is 0 Å². The zero-order valence-corrected chi connectivity index (χ0v) is 11.7. The van der Waals surface area contributed by atoms with Gasteiger partial charge in [-0.15, -0.1) is 0 Å². The number of imide groups is 1. The standard InChI is InChI=1S/C17H12N2O3/c20-16-13-3-1-2-4-14(13)17(21)19(16)12-7-5-11(6-8-12)15-18-9-10-22-15/h1-8H,9-10H2. The Labute approximate surface area is 126 Å². The zero-order valence-electron chi connectivity index (χ0n) is 11.7. The SMILES string of the molecule is O=C1c2ccccc2C(=O)N1c1ccc(C2=NCCO2)cc1. The number of carbonyl (C=O) groups is 2. The Hall–Kier alpha value is -2.95. The monoisotopic (exact) mass is 292 g/mol. The third-order valence-electron chi connectivity index (χ3n) is 3.75. The molecule has 0 unspecified atom stereocenters. The molecule has 22 heavy (non-hydrogen) atoms. The van der Waals surface area contributed by atoms with Crippen LogP contribution < -0.4 is 4.90 Å². The molecule has 0 fully saturated rings. The average molecular weight is 292 g/mol. The molecule has 0 saturated carbocycles. The van der Waals surface area contributed by atoms with Gasteiger partial charge in [0.05, 0.1) is 23.4 Å². The topological polar surface area (TPSA) is 59.0 Å². The number of nitrogens with zero attached hydrogens (tertiary/aromatic N) is 2. The minimum Gasteiger partial charge on any atom is -0.476 e. The Morgan fingerprint density at radius 1 is 0.909 bits per heavy atom. The van der Waals surface area contributed by atoms with Crippen LogP contribution in [0.5, 0.6) is 0 Å². The highest BCUT2D eigenvalue weighted by atomic mass is 16.5. The second-order valence-electron chi connectivity index (χ2n) is 5.07. The summed E-state index contributed by atoms with van der Waals surface area (Å²) in [6.07, 6.45) is 0. The summed E-state index contributed by atoms with van der Waals surface area (Å²) >= 11 is 0. The molecule has 2 aliphatic heterocycles. The largest absolute Gasteiger partial charge is 0.476 e. The van der Waals surface area contributed by atoms with Crippen LogP contribution in [0, 0.1) is 0 Å². The van der Waals surface area contributed by atoms with E-state index in [1.807, 2.05) is 12.1 Å². The highest BCUT2D eigenvalue weighted by Gasteiger charge is 2.36. The number of hydrogen-bond acceptors (Lipinski definition) is 4. The molecule has 4 rings (SSSR count). The van der Waals surface area contributed by atoms with Gasteiger partial charge in [-0.1, -0.05) is 12.1 Å². The van der Waals surface area contributed by atoms with Crippen molar-refractivity contribution in [3.05, 3.63) is 65.2 Å². The van der Waals surface area contributed by atoms with Crippen LogP contribution in [0.3, 0.4) is 0 Å². The molecule has 5 heteroatoms. The maximum Gasteiger partial charge on any atom is 0.266 e. The minimum absolute atomic E-state index is 0.289. The van der Waals surface area contributed by atoms with Crippen LogP contribution in [0.4, 0.5) is 5.69 Å². The van der Waals surface area contributed by atoms with Crippen LogP contribution in [-0.4, -0.2) is 30.9 Å². The van der Waals surface area contributed by atoms with Gasteiger partial charge in [-0.3, -0.25) is 9.59 Å². The van der Waals surface area contributed by atoms with Gasteiger partial charge in [0, 0.05) is 5.56 Å². The summed E-state index contributed by atoms with van der Waals surface area (Å²) in [6, 6.07) is 13.9. The summed E-state index contributed by atoms with van der Waals surface area (Å²) < 4.78 is 5.40. The number of ether oxygens (including phenoxy) is 1. The Morgan fingerprint density at radius 2 is 1.55 bits per heavy atom. The molecule has 2 heterocycles. The highest BCUT2D eigenvalue weighted by molar-refractivity contribution is 6.34. The quantitative estimate of drug-likeness (QED) is 0.798. The lowest BCUT2D eigenvalue weighted by molar-refractivity contribution is 0.0926. The highest BCUT2D eigenvalue weighted by Crippen LogP contribution is 2.28. The molecule has 108 valence electrons. The molecule has 0 N–H and O–H groups in total. The molecule has 0 bridgehead atoms. The number of amides is 2. The predicted molar refractivity (Wildman–Crippen MR) is 81.4 cm³/mol. The molecule has 0 aromatic heterocycles. The van der Waals surface area contributed by atoms with E-state index in [-0.39, 0.29) is 11.8 Å². The van der Waals surface area contributed by atoms with Crippen LogP contribution in [0.2, 0.25) is 0 Å². The van der Waals surface area contributed by atoms with Gasteiger partial charge in [0.1, 0.15) is 6.61 Å². The molecule has 2 amide bonds. The smallest absolute Gasteiger partial charge is 0.266 e. The van der Waals surface area contributed by atoms with Gasteiger partial charge in [-0.25, -0.2) is 9.89 Å². The fourth-order valence-corrected chi connectivity index (χ4v) is 2.69. The van der Waals surface area contributed by atoms with E-state index in [2.05, 4.69) is 4.99 Å². The van der Waals surface area contributed by atoms with Crippen molar-refractivity contribution in [3.8, 4) is 0 Å². The lowest BCUT2D eigenvalue weighted by Crippen LogP contribution is -2.29. The van der Waals surface area contributed by atoms with Crippen molar-refractivity contribution < 1.29 is 14.3 Å². The molecular weight excluding hydrogens is 280 g/mol. The first-order valence-corrected chi connectivity index (χ1v) is 7.01. The van der Waals surface area contributed by atoms with Crippen molar-refractivity contribution in [1.82, 2.24) is 0 Å². The fraction of sp³-hybridized carbons (Fsp3) is 0.118. The van der Waals surface area contributed by atoms with Crippen molar-refractivity contribution in [3.63, 3.8) is 0 Å². The fourth-order valence-electron chi connectivity index (χ4n) is 2.69. The van der Waals surface area contributed by atoms with Crippen LogP contribution in [0.25, 0.3) is 0 Å². The van der Waals surface area contributed by atoms with E-state index < -0.39 is 0 Å². The first-order chi connectivity index (χ1) is 10.8. The number of rotatable bonds is 2. The second kappa shape index (κ2) is 4.80. The molecule has 0 radical (unpaired) electrons. The molecule has 0 saturated heterocycles. The van der Waals surface area contributed by atoms with E-state index in [9.17, 15) is 9.59 Å². The Bertz CT molecular complexity index is 774. The number of anilines is 1. The van der Waals surface area contributed by atoms with Crippen molar-refractivity contribution >= 4 is 23.4 Å². The van der Waals surface area contributed by atoms with E-state index in [0.717, 1.165) is 5.56 Å². The van der Waals surface area contributed by atoms with Crippen LogP contribution in [0.15, 0.2) is 53.5 Å². The summed E-state index contributed by atoms with van der Waals surface area (Å²) in [7, 11) is 0. The van der Waals surface area contributed by atoms with Crippen molar-refractivity contribution in [2.24, 2.45) is 4.99 Å². The second-order valence-corrected chi connectivity index (χ2v) is 5.07. The van der Waals surface area contributed by atoms with E-state index in [4.69, 9.17) is 4.74 Å². The lowest BCUT2D eigenvalue weighted by Gasteiger charge is -2.14.